The maximum absolute atomic E-state index is 12.6. The van der Waals surface area contributed by atoms with Gasteiger partial charge in [-0.1, -0.05) is 12.1 Å². The molecule has 7 heteroatoms. The number of ether oxygens (including phenoxy) is 3. The van der Waals surface area contributed by atoms with Gasteiger partial charge in [0.05, 0.1) is 12.7 Å². The monoisotopic (exact) mass is 366 g/mol. The zero-order valence-electron chi connectivity index (χ0n) is 14.9. The molecule has 2 amide bonds. The highest BCUT2D eigenvalue weighted by atomic mass is 16.6. The number of anilines is 1. The molecule has 2 aliphatic rings. The van der Waals surface area contributed by atoms with Gasteiger partial charge in [0, 0.05) is 18.8 Å². The van der Waals surface area contributed by atoms with Crippen LogP contribution >= 0.6 is 0 Å². The van der Waals surface area contributed by atoms with Gasteiger partial charge in [-0.2, -0.15) is 0 Å². The molecule has 0 radical (unpaired) electrons. The molecule has 0 saturated heterocycles. The Hall–Kier alpha value is -3.48. The summed E-state index contributed by atoms with van der Waals surface area (Å²) in [5.41, 5.74) is 1.82. The Morgan fingerprint density at radius 1 is 0.963 bits per heavy atom. The zero-order chi connectivity index (χ0) is 19.0. The number of likely N-dealkylation sites (N-methyl/N-ethyl adjacent to an activating group) is 1. The molecule has 0 spiro atoms. The van der Waals surface area contributed by atoms with Crippen molar-refractivity contribution in [3.8, 4) is 17.2 Å². The smallest absolute Gasteiger partial charge is 0.277 e. The second-order valence-corrected chi connectivity index (χ2v) is 6.13. The lowest BCUT2D eigenvalue weighted by atomic mass is 10.0. The minimum atomic E-state index is -0.388. The summed E-state index contributed by atoms with van der Waals surface area (Å²) in [6, 6.07) is 12.3. The van der Waals surface area contributed by atoms with Gasteiger partial charge in [0.2, 0.25) is 0 Å². The molecule has 0 saturated carbocycles. The second kappa shape index (κ2) is 6.68. The van der Waals surface area contributed by atoms with Crippen molar-refractivity contribution in [3.63, 3.8) is 0 Å². The van der Waals surface area contributed by atoms with Gasteiger partial charge in [-0.15, -0.1) is 0 Å². The fraction of sp³-hybridized carbons (Fsp3) is 0.200. The van der Waals surface area contributed by atoms with E-state index >= 15 is 0 Å². The average molecular weight is 366 g/mol. The van der Waals surface area contributed by atoms with E-state index in [1.54, 1.807) is 49.6 Å². The quantitative estimate of drug-likeness (QED) is 0.837. The minimum Gasteiger partial charge on any atom is -0.497 e. The molecule has 2 heterocycles. The SMILES string of the molecule is COc1ccc(C2=C(Nc3ccc4c(c3)OCCO4)C(=O)N(C)C2=O)cc1. The van der Waals surface area contributed by atoms with Gasteiger partial charge in [0.1, 0.15) is 24.7 Å². The highest BCUT2D eigenvalue weighted by molar-refractivity contribution is 6.36. The Balaban J connectivity index is 1.73. The molecule has 7 nitrogen and oxygen atoms in total. The number of fused-ring (bicyclic) bond motifs is 1. The number of imide groups is 1. The van der Waals surface area contributed by atoms with Crippen LogP contribution in [0.4, 0.5) is 5.69 Å². The number of nitrogens with one attached hydrogen (secondary N) is 1. The minimum absolute atomic E-state index is 0.226. The molecule has 1 N–H and O–H groups in total. The van der Waals surface area contributed by atoms with Crippen LogP contribution in [0, 0.1) is 0 Å². The van der Waals surface area contributed by atoms with Crippen molar-refractivity contribution in [3.05, 3.63) is 53.7 Å². The Kier molecular flexibility index (Phi) is 4.19. The predicted octanol–water partition coefficient (Wildman–Crippen LogP) is 2.29. The number of carbonyl (C=O) groups is 2. The summed E-state index contributed by atoms with van der Waals surface area (Å²) in [6.07, 6.45) is 0. The normalized spacial score (nSPS) is 16.0. The Morgan fingerprint density at radius 3 is 2.37 bits per heavy atom. The molecule has 0 bridgehead atoms. The van der Waals surface area contributed by atoms with E-state index in [9.17, 15) is 9.59 Å². The van der Waals surface area contributed by atoms with Crippen molar-refractivity contribution in [1.29, 1.82) is 0 Å². The van der Waals surface area contributed by atoms with Crippen molar-refractivity contribution < 1.29 is 23.8 Å². The van der Waals surface area contributed by atoms with Crippen molar-refractivity contribution in [2.24, 2.45) is 0 Å². The van der Waals surface area contributed by atoms with Gasteiger partial charge < -0.3 is 19.5 Å². The van der Waals surface area contributed by atoms with Crippen LogP contribution in [0.1, 0.15) is 5.56 Å². The van der Waals surface area contributed by atoms with Crippen LogP contribution in [0.5, 0.6) is 17.2 Å². The third-order valence-corrected chi connectivity index (χ3v) is 4.48. The van der Waals surface area contributed by atoms with Crippen LogP contribution in [0.25, 0.3) is 5.57 Å². The fourth-order valence-electron chi connectivity index (χ4n) is 3.05. The number of amides is 2. The van der Waals surface area contributed by atoms with Crippen molar-refractivity contribution in [2.75, 3.05) is 32.7 Å². The highest BCUT2D eigenvalue weighted by Gasteiger charge is 2.36. The number of hydrogen-bond donors (Lipinski definition) is 1. The number of hydrogen-bond acceptors (Lipinski definition) is 6. The summed E-state index contributed by atoms with van der Waals surface area (Å²) in [4.78, 5) is 26.4. The number of benzene rings is 2. The second-order valence-electron chi connectivity index (χ2n) is 6.13. The van der Waals surface area contributed by atoms with Gasteiger partial charge >= 0.3 is 0 Å². The molecule has 0 atom stereocenters. The Morgan fingerprint density at radius 2 is 1.67 bits per heavy atom. The lowest BCUT2D eigenvalue weighted by Gasteiger charge is -2.19. The first-order valence-corrected chi connectivity index (χ1v) is 8.46. The number of rotatable bonds is 4. The topological polar surface area (TPSA) is 77.1 Å². The fourth-order valence-corrected chi connectivity index (χ4v) is 3.05. The van der Waals surface area contributed by atoms with Gasteiger partial charge in [0.25, 0.3) is 11.8 Å². The number of nitrogens with zero attached hydrogens (tertiary/aromatic N) is 1. The van der Waals surface area contributed by atoms with Gasteiger partial charge in [-0.05, 0) is 29.8 Å². The van der Waals surface area contributed by atoms with E-state index in [0.717, 1.165) is 4.90 Å². The van der Waals surface area contributed by atoms with E-state index in [4.69, 9.17) is 14.2 Å². The maximum Gasteiger partial charge on any atom is 0.277 e. The van der Waals surface area contributed by atoms with Crippen molar-refractivity contribution in [1.82, 2.24) is 4.90 Å². The van der Waals surface area contributed by atoms with Crippen LogP contribution in [0.2, 0.25) is 0 Å². The van der Waals surface area contributed by atoms with E-state index in [-0.39, 0.29) is 17.5 Å². The lowest BCUT2D eigenvalue weighted by molar-refractivity contribution is -0.135. The van der Waals surface area contributed by atoms with Gasteiger partial charge in [-0.25, -0.2) is 0 Å². The first-order chi connectivity index (χ1) is 13.1. The molecular formula is C20H18N2O5. The van der Waals surface area contributed by atoms with Crippen LogP contribution in [-0.4, -0.2) is 44.1 Å². The average Bonchev–Trinajstić information content (AvgIpc) is 2.92. The summed E-state index contributed by atoms with van der Waals surface area (Å²) in [5, 5.41) is 3.08. The summed E-state index contributed by atoms with van der Waals surface area (Å²) < 4.78 is 16.2. The van der Waals surface area contributed by atoms with E-state index in [1.165, 1.54) is 7.05 Å². The molecule has 27 heavy (non-hydrogen) atoms. The zero-order valence-corrected chi connectivity index (χ0v) is 14.9. The van der Waals surface area contributed by atoms with Crippen LogP contribution < -0.4 is 19.5 Å². The molecule has 2 aromatic rings. The maximum atomic E-state index is 12.6. The Bertz CT molecular complexity index is 949. The lowest BCUT2D eigenvalue weighted by Crippen LogP contribution is -2.27. The molecule has 138 valence electrons. The molecule has 0 aromatic heterocycles. The third-order valence-electron chi connectivity index (χ3n) is 4.48. The summed E-state index contributed by atoms with van der Waals surface area (Å²) in [6.45, 7) is 0.973. The molecule has 0 aliphatic carbocycles. The van der Waals surface area contributed by atoms with E-state index in [1.807, 2.05) is 0 Å². The third kappa shape index (κ3) is 2.97. The number of carbonyl (C=O) groups excluding carboxylic acids is 2. The van der Waals surface area contributed by atoms with Crippen LogP contribution in [0.3, 0.4) is 0 Å². The van der Waals surface area contributed by atoms with Crippen molar-refractivity contribution >= 4 is 23.1 Å². The Labute approximate surface area is 156 Å². The molecule has 4 rings (SSSR count). The molecule has 2 aliphatic heterocycles. The standard InChI is InChI=1S/C20H18N2O5/c1-22-19(23)17(12-3-6-14(25-2)7-4-12)18(20(22)24)21-13-5-8-15-16(11-13)27-10-9-26-15/h3-8,11,21H,9-10H2,1-2H3. The van der Waals surface area contributed by atoms with E-state index in [2.05, 4.69) is 5.32 Å². The van der Waals surface area contributed by atoms with Gasteiger partial charge in [0.15, 0.2) is 11.5 Å². The largest absolute Gasteiger partial charge is 0.497 e. The van der Waals surface area contributed by atoms with Crippen LogP contribution in [0.15, 0.2) is 48.2 Å². The van der Waals surface area contributed by atoms with E-state index in [0.29, 0.717) is 47.3 Å². The summed E-state index contributed by atoms with van der Waals surface area (Å²) >= 11 is 0. The molecule has 0 unspecified atom stereocenters. The molecule has 0 fully saturated rings. The van der Waals surface area contributed by atoms with Gasteiger partial charge in [-0.3, -0.25) is 14.5 Å². The first kappa shape index (κ1) is 17.0. The molecular weight excluding hydrogens is 348 g/mol. The predicted molar refractivity (Wildman–Crippen MR) is 98.7 cm³/mol. The molecule has 2 aromatic carbocycles. The first-order valence-electron chi connectivity index (χ1n) is 8.46. The van der Waals surface area contributed by atoms with Crippen LogP contribution in [-0.2, 0) is 9.59 Å². The highest BCUT2D eigenvalue weighted by Crippen LogP contribution is 2.35. The number of methoxy groups -OCH3 is 1. The van der Waals surface area contributed by atoms with E-state index < -0.39 is 0 Å². The van der Waals surface area contributed by atoms with Crippen molar-refractivity contribution in [2.45, 2.75) is 0 Å². The summed E-state index contributed by atoms with van der Waals surface area (Å²) in [7, 11) is 3.04. The summed E-state index contributed by atoms with van der Waals surface area (Å²) in [5.74, 6) is 1.18.